The summed E-state index contributed by atoms with van der Waals surface area (Å²) in [5, 5.41) is 14.5. The molecule has 0 saturated carbocycles. The fourth-order valence-corrected chi connectivity index (χ4v) is 7.87. The van der Waals surface area contributed by atoms with Crippen molar-refractivity contribution in [2.24, 2.45) is 23.7 Å². The van der Waals surface area contributed by atoms with E-state index in [1.807, 2.05) is 46.9 Å². The van der Waals surface area contributed by atoms with E-state index in [4.69, 9.17) is 10.5 Å². The van der Waals surface area contributed by atoms with Gasteiger partial charge in [-0.05, 0) is 68.8 Å². The van der Waals surface area contributed by atoms with Crippen molar-refractivity contribution in [3.05, 3.63) is 45.9 Å². The van der Waals surface area contributed by atoms with Gasteiger partial charge in [-0.2, -0.15) is 0 Å². The van der Waals surface area contributed by atoms with Gasteiger partial charge in [-0.3, -0.25) is 28.9 Å². The van der Waals surface area contributed by atoms with Gasteiger partial charge in [0.2, 0.25) is 5.91 Å². The molecular weight excluding hydrogens is 683 g/mol. The molecule has 7 atom stereocenters. The van der Waals surface area contributed by atoms with Crippen molar-refractivity contribution >= 4 is 46.6 Å². The number of aromatic nitrogens is 1. The predicted octanol–water partition coefficient (Wildman–Crippen LogP) is 5.76. The zero-order chi connectivity index (χ0) is 38.7. The average Bonchev–Trinajstić information content (AvgIpc) is 3.59. The van der Waals surface area contributed by atoms with Gasteiger partial charge in [0.15, 0.2) is 11.9 Å². The second kappa shape index (κ2) is 19.8. The zero-order valence-electron chi connectivity index (χ0n) is 32.1. The Morgan fingerprint density at radius 1 is 1.10 bits per heavy atom. The number of likely N-dealkylation sites (tertiary alicyclic amines) is 1. The van der Waals surface area contributed by atoms with Crippen LogP contribution in [-0.4, -0.2) is 88.2 Å². The molecule has 3 rings (SSSR count). The predicted molar refractivity (Wildman–Crippen MR) is 203 cm³/mol. The van der Waals surface area contributed by atoms with Gasteiger partial charge in [0, 0.05) is 55.9 Å². The number of nitrogens with one attached hydrogen (secondary N) is 1. The van der Waals surface area contributed by atoms with E-state index in [-0.39, 0.29) is 60.6 Å². The molecule has 0 spiro atoms. The minimum Gasteiger partial charge on any atom is -0.481 e. The Labute approximate surface area is 312 Å². The highest BCUT2D eigenvalue weighted by atomic mass is 32.1. The third-order valence-electron chi connectivity index (χ3n) is 10.5. The number of Topliss-reactive ketones (excluding diaryl/α,β-unsaturated/α-hetero) is 1. The average molecular weight is 742 g/mol. The van der Waals surface area contributed by atoms with Crippen LogP contribution in [-0.2, 0) is 30.3 Å². The number of ketones is 1. The van der Waals surface area contributed by atoms with Crippen LogP contribution in [0.3, 0.4) is 0 Å². The van der Waals surface area contributed by atoms with Crippen LogP contribution in [0.2, 0.25) is 0 Å². The van der Waals surface area contributed by atoms with E-state index in [0.717, 1.165) is 37.8 Å². The van der Waals surface area contributed by atoms with E-state index in [0.29, 0.717) is 17.1 Å². The van der Waals surface area contributed by atoms with Gasteiger partial charge >= 0.3 is 11.9 Å². The van der Waals surface area contributed by atoms with Crippen LogP contribution in [0.4, 0.5) is 5.69 Å². The molecule has 1 aliphatic rings. The van der Waals surface area contributed by atoms with Crippen LogP contribution in [0.25, 0.3) is 0 Å². The number of carbonyl (C=O) groups is 5. The number of nitrogens with two attached hydrogens (primary N) is 1. The summed E-state index contributed by atoms with van der Waals surface area (Å²) in [5.74, 6) is -3.17. The van der Waals surface area contributed by atoms with Gasteiger partial charge in [0.25, 0.3) is 5.91 Å². The Bertz CT molecular complexity index is 1510. The van der Waals surface area contributed by atoms with Gasteiger partial charge in [-0.1, -0.05) is 59.6 Å². The minimum atomic E-state index is -0.959. The molecule has 1 aliphatic heterocycles. The topological polar surface area (TPSA) is 172 Å². The summed E-state index contributed by atoms with van der Waals surface area (Å²) in [5.41, 5.74) is 7.44. The van der Waals surface area contributed by atoms with Crippen molar-refractivity contribution in [2.75, 3.05) is 26.4 Å². The van der Waals surface area contributed by atoms with Crippen molar-refractivity contribution in [3.8, 4) is 0 Å². The summed E-state index contributed by atoms with van der Waals surface area (Å²) >= 11 is 1.18. The molecule has 1 saturated heterocycles. The summed E-state index contributed by atoms with van der Waals surface area (Å²) in [6, 6.07) is 6.17. The number of nitrogen functional groups attached to an aromatic ring is 1. The summed E-state index contributed by atoms with van der Waals surface area (Å²) in [6.07, 6.45) is 3.83. The van der Waals surface area contributed by atoms with Crippen LogP contribution >= 0.6 is 11.3 Å². The van der Waals surface area contributed by atoms with Crippen molar-refractivity contribution in [1.82, 2.24) is 20.1 Å². The number of carboxylic acid groups (broad SMARTS) is 1. The largest absolute Gasteiger partial charge is 0.481 e. The number of anilines is 1. The number of ether oxygens (including phenoxy) is 1. The highest BCUT2D eigenvalue weighted by Crippen LogP contribution is 2.33. The van der Waals surface area contributed by atoms with Crippen LogP contribution in [0.1, 0.15) is 114 Å². The SMILES string of the molecule is CC[C@H](C)[C@H](CC(=O)[C@H]1CCCCN1C)C(=O)N(C)[C@H](C[C@@H](OC(C)=O)c1nc(C(=O)N[C@@H](Cc2ccc(N)cc2)C[C@@H](C)C(=O)O)cs1)C(C)C. The quantitative estimate of drug-likeness (QED) is 0.119. The molecule has 0 aliphatic carbocycles. The number of thiazole rings is 1. The number of likely N-dealkylation sites (N-methyl/N-ethyl adjacent to an activating group) is 1. The van der Waals surface area contributed by atoms with Gasteiger partial charge in [-0.25, -0.2) is 4.98 Å². The van der Waals surface area contributed by atoms with E-state index < -0.39 is 41.8 Å². The second-order valence-corrected chi connectivity index (χ2v) is 15.8. The summed E-state index contributed by atoms with van der Waals surface area (Å²) in [7, 11) is 3.73. The first-order valence-corrected chi connectivity index (χ1v) is 19.4. The van der Waals surface area contributed by atoms with Crippen molar-refractivity contribution in [2.45, 2.75) is 117 Å². The fraction of sp³-hybridized carbons (Fsp3) is 0.641. The van der Waals surface area contributed by atoms with Gasteiger partial charge in [0.05, 0.1) is 12.0 Å². The summed E-state index contributed by atoms with van der Waals surface area (Å²) < 4.78 is 5.78. The lowest BCUT2D eigenvalue weighted by Crippen LogP contribution is -2.48. The number of rotatable bonds is 19. The number of carbonyl (C=O) groups excluding carboxylic acids is 4. The molecule has 2 heterocycles. The Balaban J connectivity index is 1.81. The first kappa shape index (κ1) is 42.6. The van der Waals surface area contributed by atoms with Crippen LogP contribution < -0.4 is 11.1 Å². The first-order valence-electron chi connectivity index (χ1n) is 18.5. The number of nitrogens with zero attached hydrogens (tertiary/aromatic N) is 3. The Kier molecular flexibility index (Phi) is 16.2. The molecule has 288 valence electrons. The van der Waals surface area contributed by atoms with E-state index >= 15 is 0 Å². The number of hydrogen-bond donors (Lipinski definition) is 3. The normalized spacial score (nSPS) is 18.4. The Hall–Kier alpha value is -3.84. The highest BCUT2D eigenvalue weighted by molar-refractivity contribution is 7.09. The molecule has 13 heteroatoms. The molecule has 2 amide bonds. The molecular formula is C39H59N5O7S. The van der Waals surface area contributed by atoms with Crippen LogP contribution in [0.15, 0.2) is 29.6 Å². The number of amides is 2. The van der Waals surface area contributed by atoms with Crippen LogP contribution in [0, 0.1) is 23.7 Å². The molecule has 1 aromatic carbocycles. The monoisotopic (exact) mass is 741 g/mol. The molecule has 52 heavy (non-hydrogen) atoms. The molecule has 12 nitrogen and oxygen atoms in total. The third kappa shape index (κ3) is 12.1. The van der Waals surface area contributed by atoms with Crippen LogP contribution in [0.5, 0.6) is 0 Å². The molecule has 4 N–H and O–H groups in total. The Morgan fingerprint density at radius 3 is 2.35 bits per heavy atom. The maximum Gasteiger partial charge on any atom is 0.306 e. The van der Waals surface area contributed by atoms with E-state index in [9.17, 15) is 29.1 Å². The molecule has 2 aromatic rings. The number of aliphatic carboxylic acids is 1. The molecule has 0 bridgehead atoms. The van der Waals surface area contributed by atoms with Crippen molar-refractivity contribution in [3.63, 3.8) is 0 Å². The van der Waals surface area contributed by atoms with Crippen molar-refractivity contribution < 1.29 is 33.8 Å². The summed E-state index contributed by atoms with van der Waals surface area (Å²) in [6.45, 7) is 11.8. The summed E-state index contributed by atoms with van der Waals surface area (Å²) in [4.78, 5) is 73.7. The van der Waals surface area contributed by atoms with Gasteiger partial charge in [-0.15, -0.1) is 11.3 Å². The number of piperidine rings is 1. The van der Waals surface area contributed by atoms with Crippen molar-refractivity contribution in [1.29, 1.82) is 0 Å². The lowest BCUT2D eigenvalue weighted by Gasteiger charge is -2.37. The second-order valence-electron chi connectivity index (χ2n) is 14.9. The number of esters is 1. The van der Waals surface area contributed by atoms with Gasteiger partial charge < -0.3 is 25.8 Å². The number of hydrogen-bond acceptors (Lipinski definition) is 10. The minimum absolute atomic E-state index is 0.00718. The standard InChI is InChI=1S/C39H59N5O7S/c1-9-24(4)30(20-34(46)32-12-10-11-17-43(32)7)38(48)44(8)33(23(2)3)21-35(51-26(6)45)37-42-31(22-52-37)36(47)41-29(18-25(5)39(49)50)19-27-13-15-28(40)16-14-27/h13-16,22-25,29-30,32-33,35H,9-12,17-21,40H2,1-8H3,(H,41,47)(H,49,50)/t24-,25+,29+,30-,32+,33+,35+/m0/s1. The maximum atomic E-state index is 14.2. The number of benzene rings is 1. The zero-order valence-corrected chi connectivity index (χ0v) is 32.9. The maximum absolute atomic E-state index is 14.2. The van der Waals surface area contributed by atoms with Gasteiger partial charge in [0.1, 0.15) is 10.7 Å². The van der Waals surface area contributed by atoms with E-state index in [1.165, 1.54) is 18.3 Å². The fourth-order valence-electron chi connectivity index (χ4n) is 7.03. The molecule has 0 radical (unpaired) electrons. The smallest absolute Gasteiger partial charge is 0.306 e. The van der Waals surface area contributed by atoms with E-state index in [2.05, 4.69) is 15.2 Å². The first-order chi connectivity index (χ1) is 24.5. The highest BCUT2D eigenvalue weighted by Gasteiger charge is 2.37. The lowest BCUT2D eigenvalue weighted by molar-refractivity contribution is -0.149. The molecule has 0 unspecified atom stereocenters. The Morgan fingerprint density at radius 2 is 1.77 bits per heavy atom. The lowest BCUT2D eigenvalue weighted by atomic mass is 9.83. The van der Waals surface area contributed by atoms with E-state index in [1.54, 1.807) is 36.4 Å². The molecule has 1 aromatic heterocycles. The molecule has 1 fully saturated rings. The third-order valence-corrected chi connectivity index (χ3v) is 11.4. The number of carboxylic acids is 1.